The maximum absolute atomic E-state index is 12.4. The fraction of sp³-hybridized carbons (Fsp3) is 0.632. The minimum absolute atomic E-state index is 0.0242. The van der Waals surface area contributed by atoms with E-state index in [1.54, 1.807) is 0 Å². The summed E-state index contributed by atoms with van der Waals surface area (Å²) < 4.78 is 5.95. The van der Waals surface area contributed by atoms with Gasteiger partial charge in [0.25, 0.3) is 5.91 Å². The summed E-state index contributed by atoms with van der Waals surface area (Å²) >= 11 is 0. The highest BCUT2D eigenvalue weighted by Gasteiger charge is 2.40. The Hall–Kier alpha value is -1.51. The number of carbonyl (C=O) groups excluding carboxylic acids is 1. The third-order valence-electron chi connectivity index (χ3n) is 5.50. The number of fused-ring (bicyclic) bond motifs is 2. The number of aryl methyl sites for hydroxylation is 2. The van der Waals surface area contributed by atoms with Gasteiger partial charge in [-0.15, -0.1) is 0 Å². The highest BCUT2D eigenvalue weighted by atomic mass is 16.5. The molecule has 1 aromatic rings. The molecule has 3 nitrogen and oxygen atoms in total. The van der Waals surface area contributed by atoms with Gasteiger partial charge in [0.1, 0.15) is 5.75 Å². The van der Waals surface area contributed by atoms with Gasteiger partial charge in [0, 0.05) is 6.04 Å². The van der Waals surface area contributed by atoms with Gasteiger partial charge in [0.05, 0.1) is 0 Å². The topological polar surface area (TPSA) is 38.3 Å². The second-order valence-corrected chi connectivity index (χ2v) is 7.25. The molecular weight excluding hydrogens is 274 g/mol. The Morgan fingerprint density at radius 2 is 2.00 bits per heavy atom. The molecule has 1 N–H and O–H groups in total. The Balaban J connectivity index is 1.62. The molecule has 0 saturated heterocycles. The predicted molar refractivity (Wildman–Crippen MR) is 88.1 cm³/mol. The molecule has 1 aromatic carbocycles. The van der Waals surface area contributed by atoms with Gasteiger partial charge in [-0.05, 0) is 81.5 Å². The zero-order valence-corrected chi connectivity index (χ0v) is 14.1. The average molecular weight is 301 g/mol. The van der Waals surface area contributed by atoms with Crippen molar-refractivity contribution in [3.05, 3.63) is 28.8 Å². The largest absolute Gasteiger partial charge is 0.481 e. The minimum Gasteiger partial charge on any atom is -0.481 e. The smallest absolute Gasteiger partial charge is 0.261 e. The maximum Gasteiger partial charge on any atom is 0.261 e. The van der Waals surface area contributed by atoms with Gasteiger partial charge in [-0.1, -0.05) is 12.5 Å². The van der Waals surface area contributed by atoms with E-state index in [4.69, 9.17) is 4.74 Å². The van der Waals surface area contributed by atoms with Crippen molar-refractivity contribution in [2.45, 2.75) is 65.5 Å². The van der Waals surface area contributed by atoms with E-state index in [0.717, 1.165) is 23.7 Å². The van der Waals surface area contributed by atoms with Crippen LogP contribution in [-0.2, 0) is 4.79 Å². The van der Waals surface area contributed by atoms with Gasteiger partial charge >= 0.3 is 0 Å². The minimum atomic E-state index is -0.445. The molecular formula is C19H27NO2. The van der Waals surface area contributed by atoms with Gasteiger partial charge in [-0.2, -0.15) is 0 Å². The van der Waals surface area contributed by atoms with Crippen LogP contribution in [-0.4, -0.2) is 18.1 Å². The lowest BCUT2D eigenvalue weighted by molar-refractivity contribution is -0.128. The van der Waals surface area contributed by atoms with Crippen LogP contribution in [0.1, 0.15) is 49.3 Å². The summed E-state index contributed by atoms with van der Waals surface area (Å²) in [5, 5.41) is 3.22. The highest BCUT2D eigenvalue weighted by Crippen LogP contribution is 2.44. The molecule has 4 unspecified atom stereocenters. The van der Waals surface area contributed by atoms with Gasteiger partial charge in [0.2, 0.25) is 0 Å². The lowest BCUT2D eigenvalue weighted by Gasteiger charge is -2.25. The number of benzene rings is 1. The maximum atomic E-state index is 12.4. The summed E-state index contributed by atoms with van der Waals surface area (Å²) in [4.78, 5) is 12.4. The molecule has 3 heteroatoms. The van der Waals surface area contributed by atoms with Crippen LogP contribution in [0.25, 0.3) is 0 Å². The van der Waals surface area contributed by atoms with Crippen LogP contribution in [0.15, 0.2) is 12.1 Å². The lowest BCUT2D eigenvalue weighted by Crippen LogP contribution is -2.44. The van der Waals surface area contributed by atoms with Crippen LogP contribution in [0.2, 0.25) is 0 Å². The fourth-order valence-electron chi connectivity index (χ4n) is 4.09. The molecule has 0 aromatic heterocycles. The third kappa shape index (κ3) is 2.99. The zero-order chi connectivity index (χ0) is 15.9. The van der Waals surface area contributed by atoms with Gasteiger partial charge < -0.3 is 10.1 Å². The average Bonchev–Trinajstić information content (AvgIpc) is 3.06. The van der Waals surface area contributed by atoms with E-state index >= 15 is 0 Å². The van der Waals surface area contributed by atoms with Crippen LogP contribution >= 0.6 is 0 Å². The van der Waals surface area contributed by atoms with E-state index in [-0.39, 0.29) is 5.91 Å². The van der Waals surface area contributed by atoms with E-state index in [9.17, 15) is 4.79 Å². The van der Waals surface area contributed by atoms with Crippen molar-refractivity contribution in [3.8, 4) is 5.75 Å². The van der Waals surface area contributed by atoms with E-state index in [0.29, 0.717) is 12.0 Å². The van der Waals surface area contributed by atoms with E-state index in [1.165, 1.54) is 30.4 Å². The highest BCUT2D eigenvalue weighted by molar-refractivity contribution is 5.81. The Bertz CT molecular complexity index is 581. The third-order valence-corrected chi connectivity index (χ3v) is 5.50. The van der Waals surface area contributed by atoms with Crippen LogP contribution in [0.4, 0.5) is 0 Å². The van der Waals surface area contributed by atoms with Crippen LogP contribution in [0, 0.1) is 32.6 Å². The Kier molecular flexibility index (Phi) is 4.16. The molecule has 1 amide bonds. The summed E-state index contributed by atoms with van der Waals surface area (Å²) in [7, 11) is 0. The molecule has 0 heterocycles. The molecule has 2 aliphatic rings. The van der Waals surface area contributed by atoms with Crippen molar-refractivity contribution in [3.63, 3.8) is 0 Å². The van der Waals surface area contributed by atoms with E-state index < -0.39 is 6.10 Å². The summed E-state index contributed by atoms with van der Waals surface area (Å²) in [6, 6.07) is 4.53. The second kappa shape index (κ2) is 5.94. The molecule has 0 aliphatic heterocycles. The van der Waals surface area contributed by atoms with E-state index in [1.807, 2.05) is 19.9 Å². The van der Waals surface area contributed by atoms with Gasteiger partial charge in [-0.3, -0.25) is 4.79 Å². The molecule has 2 aliphatic carbocycles. The van der Waals surface area contributed by atoms with Crippen LogP contribution < -0.4 is 10.1 Å². The number of nitrogens with one attached hydrogen (secondary N) is 1. The number of rotatable bonds is 4. The summed E-state index contributed by atoms with van der Waals surface area (Å²) in [5.41, 5.74) is 3.49. The molecule has 0 spiro atoms. The van der Waals surface area contributed by atoms with Crippen molar-refractivity contribution in [2.24, 2.45) is 11.8 Å². The first kappa shape index (κ1) is 15.4. The van der Waals surface area contributed by atoms with Crippen molar-refractivity contribution in [1.29, 1.82) is 0 Å². The first-order chi connectivity index (χ1) is 10.4. The summed E-state index contributed by atoms with van der Waals surface area (Å²) in [5.74, 6) is 2.39. The molecule has 2 fully saturated rings. The standard InChI is InChI=1S/C19H27NO2/c1-11-7-12(2)13(3)18(8-11)22-14(4)19(21)20-17-10-15-5-6-16(17)9-15/h7-8,14-17H,5-6,9-10H2,1-4H3,(H,20,21). The molecule has 0 radical (unpaired) electrons. The van der Waals surface area contributed by atoms with Crippen molar-refractivity contribution in [1.82, 2.24) is 5.32 Å². The summed E-state index contributed by atoms with van der Waals surface area (Å²) in [6.07, 6.45) is 4.65. The van der Waals surface area contributed by atoms with Gasteiger partial charge in [-0.25, -0.2) is 0 Å². The normalized spacial score (nSPS) is 27.7. The number of hydrogen-bond donors (Lipinski definition) is 1. The van der Waals surface area contributed by atoms with Crippen molar-refractivity contribution in [2.75, 3.05) is 0 Å². The molecule has 4 atom stereocenters. The molecule has 2 saturated carbocycles. The predicted octanol–water partition coefficient (Wildman–Crippen LogP) is 3.68. The van der Waals surface area contributed by atoms with Crippen LogP contribution in [0.3, 0.4) is 0 Å². The molecule has 3 rings (SSSR count). The van der Waals surface area contributed by atoms with Crippen molar-refractivity contribution >= 4 is 5.91 Å². The lowest BCUT2D eigenvalue weighted by atomic mass is 9.95. The monoisotopic (exact) mass is 301 g/mol. The van der Waals surface area contributed by atoms with Crippen molar-refractivity contribution < 1.29 is 9.53 Å². The van der Waals surface area contributed by atoms with Crippen LogP contribution in [0.5, 0.6) is 5.75 Å². The van der Waals surface area contributed by atoms with Gasteiger partial charge in [0.15, 0.2) is 6.10 Å². The quantitative estimate of drug-likeness (QED) is 0.921. The second-order valence-electron chi connectivity index (χ2n) is 7.25. The first-order valence-electron chi connectivity index (χ1n) is 8.49. The number of amides is 1. The zero-order valence-electron chi connectivity index (χ0n) is 14.1. The first-order valence-corrected chi connectivity index (χ1v) is 8.49. The Morgan fingerprint density at radius 3 is 2.64 bits per heavy atom. The van der Waals surface area contributed by atoms with E-state index in [2.05, 4.69) is 25.2 Å². The summed E-state index contributed by atoms with van der Waals surface area (Å²) in [6.45, 7) is 8.03. The Labute approximate surface area is 133 Å². The molecule has 22 heavy (non-hydrogen) atoms. The number of hydrogen-bond acceptors (Lipinski definition) is 2. The Morgan fingerprint density at radius 1 is 1.23 bits per heavy atom. The number of carbonyl (C=O) groups is 1. The number of ether oxygens (including phenoxy) is 1. The fourth-order valence-corrected chi connectivity index (χ4v) is 4.09. The molecule has 120 valence electrons. The SMILES string of the molecule is Cc1cc(C)c(C)c(OC(C)C(=O)NC2CC3CCC2C3)c1. The molecule has 2 bridgehead atoms.